The lowest BCUT2D eigenvalue weighted by Gasteiger charge is -2.22. The van der Waals surface area contributed by atoms with Gasteiger partial charge < -0.3 is 9.63 Å². The van der Waals surface area contributed by atoms with Crippen LogP contribution in [0.15, 0.2) is 69.2 Å². The van der Waals surface area contributed by atoms with Gasteiger partial charge >= 0.3 is 5.91 Å². The summed E-state index contributed by atoms with van der Waals surface area (Å²) < 4.78 is 6.20. The van der Waals surface area contributed by atoms with E-state index in [-0.39, 0.29) is 22.8 Å². The quantitative estimate of drug-likeness (QED) is 0.161. The molecule has 1 atom stereocenters. The van der Waals surface area contributed by atoms with Gasteiger partial charge in [0.1, 0.15) is 11.5 Å². The second-order valence-electron chi connectivity index (χ2n) is 8.82. The smallest absolute Gasteiger partial charge is 0.301 e. The third-order valence-electron chi connectivity index (χ3n) is 5.47. The van der Waals surface area contributed by atoms with Gasteiger partial charge in [0.2, 0.25) is 0 Å². The third-order valence-corrected chi connectivity index (χ3v) is 5.99. The van der Waals surface area contributed by atoms with Crippen molar-refractivity contribution < 1.29 is 24.1 Å². The predicted molar refractivity (Wildman–Crippen MR) is 127 cm³/mol. The fourth-order valence-corrected chi connectivity index (χ4v) is 3.92. The van der Waals surface area contributed by atoms with E-state index in [2.05, 4.69) is 21.1 Å². The van der Waals surface area contributed by atoms with Crippen molar-refractivity contribution in [2.24, 2.45) is 0 Å². The molecule has 0 radical (unpaired) electrons. The molecule has 0 spiro atoms. The number of aliphatic hydroxyl groups is 1. The van der Waals surface area contributed by atoms with Gasteiger partial charge in [-0.2, -0.15) is 0 Å². The number of nitro benzene ring substituents is 1. The molecule has 1 saturated heterocycles. The average molecular weight is 526 g/mol. The number of halogens is 1. The standard InChI is InChI=1S/C24H20BrN3O6/c1-24(2,3)17-12-18(26-34-17)27-20(13-6-10-16(11-7-13)28(32)33)19(22(30)23(27)31)21(29)14-4-8-15(25)9-5-14/h4-12,20,29H,1-3H3/b21-19+/t20-/m1/s1. The number of non-ortho nitro benzene ring substituents is 1. The lowest BCUT2D eigenvalue weighted by atomic mass is 9.93. The van der Waals surface area contributed by atoms with Gasteiger partial charge in [0.25, 0.3) is 11.5 Å². The Morgan fingerprint density at radius 2 is 1.74 bits per heavy atom. The van der Waals surface area contributed by atoms with Gasteiger partial charge in [0, 0.05) is 33.7 Å². The number of aromatic nitrogens is 1. The molecule has 3 aromatic rings. The second-order valence-corrected chi connectivity index (χ2v) is 9.74. The van der Waals surface area contributed by atoms with E-state index in [4.69, 9.17) is 4.52 Å². The minimum absolute atomic E-state index is 0.102. The fraction of sp³-hybridized carbons (Fsp3) is 0.208. The first-order valence-corrected chi connectivity index (χ1v) is 11.1. The zero-order valence-corrected chi connectivity index (χ0v) is 20.1. The fourth-order valence-electron chi connectivity index (χ4n) is 3.66. The Bertz CT molecular complexity index is 1320. The van der Waals surface area contributed by atoms with Crippen molar-refractivity contribution in [3.8, 4) is 0 Å². The maximum atomic E-state index is 13.2. The molecular weight excluding hydrogens is 506 g/mol. The number of anilines is 1. The van der Waals surface area contributed by atoms with Gasteiger partial charge in [0.05, 0.1) is 16.5 Å². The first kappa shape index (κ1) is 23.4. The van der Waals surface area contributed by atoms with Crippen molar-refractivity contribution in [1.29, 1.82) is 0 Å². The SMILES string of the molecule is CC(C)(C)c1cc(N2C(=O)C(=O)/C(=C(/O)c3ccc(Br)cc3)[C@H]2c2ccc([N+](=O)[O-])cc2)no1. The minimum Gasteiger partial charge on any atom is -0.507 e. The van der Waals surface area contributed by atoms with Crippen LogP contribution in [0.5, 0.6) is 0 Å². The molecule has 174 valence electrons. The van der Waals surface area contributed by atoms with Gasteiger partial charge in [-0.05, 0) is 29.8 Å². The van der Waals surface area contributed by atoms with Gasteiger partial charge in [-0.3, -0.25) is 24.6 Å². The van der Waals surface area contributed by atoms with Gasteiger partial charge in [-0.25, -0.2) is 0 Å². The number of nitrogens with zero attached hydrogens (tertiary/aromatic N) is 3. The number of hydrogen-bond donors (Lipinski definition) is 1. The number of carbonyl (C=O) groups excluding carboxylic acids is 2. The van der Waals surface area contributed by atoms with Crippen LogP contribution in [0.3, 0.4) is 0 Å². The maximum Gasteiger partial charge on any atom is 0.301 e. The Labute approximate surface area is 202 Å². The lowest BCUT2D eigenvalue weighted by molar-refractivity contribution is -0.384. The first-order valence-electron chi connectivity index (χ1n) is 10.3. The van der Waals surface area contributed by atoms with Crippen molar-refractivity contribution in [3.63, 3.8) is 0 Å². The van der Waals surface area contributed by atoms with Crippen LogP contribution in [-0.4, -0.2) is 26.9 Å². The van der Waals surface area contributed by atoms with Crippen LogP contribution in [0.1, 0.15) is 43.7 Å². The van der Waals surface area contributed by atoms with E-state index in [1.165, 1.54) is 24.3 Å². The number of carbonyl (C=O) groups is 2. The molecule has 4 rings (SSSR count). The summed E-state index contributed by atoms with van der Waals surface area (Å²) in [6.07, 6.45) is 0. The van der Waals surface area contributed by atoms with Crippen LogP contribution >= 0.6 is 15.9 Å². The van der Waals surface area contributed by atoms with E-state index >= 15 is 0 Å². The summed E-state index contributed by atoms with van der Waals surface area (Å²) in [7, 11) is 0. The molecule has 0 bridgehead atoms. The van der Waals surface area contributed by atoms with E-state index in [0.717, 1.165) is 9.37 Å². The molecule has 0 saturated carbocycles. The number of Topliss-reactive ketones (excluding diaryl/α,β-unsaturated/α-hetero) is 1. The van der Waals surface area contributed by atoms with E-state index in [0.29, 0.717) is 16.9 Å². The Morgan fingerprint density at radius 3 is 2.26 bits per heavy atom. The van der Waals surface area contributed by atoms with Gasteiger partial charge in [0.15, 0.2) is 5.82 Å². The zero-order chi connectivity index (χ0) is 24.8. The molecule has 1 fully saturated rings. The molecule has 1 aliphatic rings. The summed E-state index contributed by atoms with van der Waals surface area (Å²) in [4.78, 5) is 38.0. The summed E-state index contributed by atoms with van der Waals surface area (Å²) in [5, 5.41) is 26.2. The highest BCUT2D eigenvalue weighted by Gasteiger charge is 2.48. The van der Waals surface area contributed by atoms with E-state index in [1.54, 1.807) is 30.3 Å². The van der Waals surface area contributed by atoms with Crippen LogP contribution in [0.25, 0.3) is 5.76 Å². The van der Waals surface area contributed by atoms with Crippen molar-refractivity contribution in [2.75, 3.05) is 4.90 Å². The summed E-state index contributed by atoms with van der Waals surface area (Å²) in [6, 6.07) is 12.5. The maximum absolute atomic E-state index is 13.2. The summed E-state index contributed by atoms with van der Waals surface area (Å²) in [6.45, 7) is 5.73. The Kier molecular flexibility index (Phi) is 5.86. The summed E-state index contributed by atoms with van der Waals surface area (Å²) in [5.41, 5.74) is 0.0259. The highest BCUT2D eigenvalue weighted by Crippen LogP contribution is 2.43. The number of benzene rings is 2. The van der Waals surface area contributed by atoms with Crippen molar-refractivity contribution in [2.45, 2.75) is 32.2 Å². The second kappa shape index (κ2) is 8.53. The summed E-state index contributed by atoms with van der Waals surface area (Å²) >= 11 is 3.32. The Hall–Kier alpha value is -3.79. The molecule has 0 unspecified atom stereocenters. The van der Waals surface area contributed by atoms with Crippen LogP contribution in [-0.2, 0) is 15.0 Å². The molecule has 1 aliphatic heterocycles. The highest BCUT2D eigenvalue weighted by atomic mass is 79.9. The largest absolute Gasteiger partial charge is 0.507 e. The average Bonchev–Trinajstić information content (AvgIpc) is 3.37. The predicted octanol–water partition coefficient (Wildman–Crippen LogP) is 5.27. The normalized spacial score (nSPS) is 17.9. The molecule has 2 heterocycles. The molecule has 34 heavy (non-hydrogen) atoms. The van der Waals surface area contributed by atoms with E-state index in [1.807, 2.05) is 20.8 Å². The number of aliphatic hydroxyl groups excluding tert-OH is 1. The van der Waals surface area contributed by atoms with Crippen LogP contribution < -0.4 is 4.90 Å². The molecular formula is C24H20BrN3O6. The number of nitro groups is 1. The third kappa shape index (κ3) is 4.12. The molecule has 1 amide bonds. The Balaban J connectivity index is 1.91. The molecule has 2 aromatic carbocycles. The minimum atomic E-state index is -1.07. The van der Waals surface area contributed by atoms with Crippen molar-refractivity contribution in [3.05, 3.63) is 91.6 Å². The molecule has 9 nitrogen and oxygen atoms in total. The molecule has 0 aliphatic carbocycles. The summed E-state index contributed by atoms with van der Waals surface area (Å²) in [5.74, 6) is -1.55. The molecule has 10 heteroatoms. The van der Waals surface area contributed by atoms with Crippen LogP contribution in [0.4, 0.5) is 11.5 Å². The number of hydrogen-bond acceptors (Lipinski definition) is 7. The number of amides is 1. The lowest BCUT2D eigenvalue weighted by Crippen LogP contribution is -2.29. The van der Waals surface area contributed by atoms with E-state index in [9.17, 15) is 24.8 Å². The van der Waals surface area contributed by atoms with Crippen LogP contribution in [0.2, 0.25) is 0 Å². The van der Waals surface area contributed by atoms with Gasteiger partial charge in [-0.15, -0.1) is 0 Å². The number of ketones is 1. The highest BCUT2D eigenvalue weighted by molar-refractivity contribution is 9.10. The Morgan fingerprint density at radius 1 is 1.12 bits per heavy atom. The van der Waals surface area contributed by atoms with E-state index < -0.39 is 28.1 Å². The zero-order valence-electron chi connectivity index (χ0n) is 18.5. The van der Waals surface area contributed by atoms with Crippen LogP contribution in [0, 0.1) is 10.1 Å². The monoisotopic (exact) mass is 525 g/mol. The van der Waals surface area contributed by atoms with Crippen molar-refractivity contribution >= 4 is 44.9 Å². The van der Waals surface area contributed by atoms with Gasteiger partial charge in [-0.1, -0.05) is 54.0 Å². The topological polar surface area (TPSA) is 127 Å². The molecule has 1 aromatic heterocycles. The van der Waals surface area contributed by atoms with Crippen molar-refractivity contribution in [1.82, 2.24) is 5.16 Å². The number of rotatable bonds is 4. The first-order chi connectivity index (χ1) is 16.0. The molecule has 1 N–H and O–H groups in total.